The van der Waals surface area contributed by atoms with Crippen molar-refractivity contribution in [2.45, 2.75) is 11.8 Å². The Labute approximate surface area is 105 Å². The summed E-state index contributed by atoms with van der Waals surface area (Å²) in [6, 6.07) is 6.15. The molecule has 6 heteroatoms. The van der Waals surface area contributed by atoms with Gasteiger partial charge in [0.1, 0.15) is 0 Å². The molecule has 96 valence electrons. The van der Waals surface area contributed by atoms with Crippen molar-refractivity contribution in [1.82, 2.24) is 0 Å². The molecule has 0 unspecified atom stereocenters. The third kappa shape index (κ3) is 3.15. The van der Waals surface area contributed by atoms with Crippen LogP contribution in [0.2, 0.25) is 0 Å². The molecule has 0 spiro atoms. The Bertz CT molecular complexity index is 615. The lowest BCUT2D eigenvalue weighted by atomic mass is 10.1. The molecule has 1 rings (SSSR count). The first-order valence-electron chi connectivity index (χ1n) is 5.16. The van der Waals surface area contributed by atoms with Crippen LogP contribution in [0.15, 0.2) is 35.0 Å². The second kappa shape index (κ2) is 5.76. The zero-order valence-electron chi connectivity index (χ0n) is 9.85. The summed E-state index contributed by atoms with van der Waals surface area (Å²) in [5.41, 5.74) is 6.20. The molecule has 1 aromatic rings. The first-order valence-corrected chi connectivity index (χ1v) is 6.81. The molecular weight excluding hydrogens is 255 g/mol. The van der Waals surface area contributed by atoms with Crippen molar-refractivity contribution in [2.24, 2.45) is 5.73 Å². The van der Waals surface area contributed by atoms with Crippen molar-refractivity contribution in [3.05, 3.63) is 41.2 Å². The first kappa shape index (κ1) is 14.4. The number of hydrogen-bond acceptors (Lipinski definition) is 4. The number of benzene rings is 1. The molecule has 0 aliphatic carbocycles. The smallest absolute Gasteiger partial charge is 0.182 e. The van der Waals surface area contributed by atoms with Gasteiger partial charge in [0.15, 0.2) is 9.84 Å². The number of aryl methyl sites for hydroxylation is 1. The number of nitrogens with zero attached hydrogens (tertiary/aromatic N) is 1. The topological polar surface area (TPSA) is 83.9 Å². The maximum atomic E-state index is 12.4. The zero-order chi connectivity index (χ0) is 13.8. The van der Waals surface area contributed by atoms with Crippen molar-refractivity contribution in [1.29, 1.82) is 5.26 Å². The minimum Gasteiger partial charge on any atom is -0.327 e. The van der Waals surface area contributed by atoms with Crippen LogP contribution in [-0.4, -0.2) is 20.7 Å². The van der Waals surface area contributed by atoms with Crippen molar-refractivity contribution in [3.63, 3.8) is 0 Å². The maximum Gasteiger partial charge on any atom is 0.182 e. The van der Waals surface area contributed by atoms with Crippen molar-refractivity contribution >= 4 is 9.84 Å². The van der Waals surface area contributed by atoms with Gasteiger partial charge in [0, 0.05) is 6.54 Å². The van der Waals surface area contributed by atoms with E-state index in [1.807, 2.05) is 6.07 Å². The van der Waals surface area contributed by atoms with Crippen LogP contribution in [-0.2, 0) is 9.84 Å². The van der Waals surface area contributed by atoms with Crippen LogP contribution in [0.5, 0.6) is 0 Å². The van der Waals surface area contributed by atoms with Gasteiger partial charge >= 0.3 is 0 Å². The summed E-state index contributed by atoms with van der Waals surface area (Å²) in [6.07, 6.45) is 0.205. The highest BCUT2D eigenvalue weighted by Gasteiger charge is 2.17. The molecule has 0 bridgehead atoms. The lowest BCUT2D eigenvalue weighted by Gasteiger charge is -2.07. The van der Waals surface area contributed by atoms with Crippen LogP contribution < -0.4 is 5.73 Å². The molecule has 0 saturated carbocycles. The van der Waals surface area contributed by atoms with E-state index in [0.717, 1.165) is 0 Å². The van der Waals surface area contributed by atoms with Crippen LogP contribution >= 0.6 is 0 Å². The van der Waals surface area contributed by atoms with E-state index in [-0.39, 0.29) is 28.9 Å². The van der Waals surface area contributed by atoms with E-state index in [4.69, 9.17) is 11.0 Å². The van der Waals surface area contributed by atoms with E-state index in [2.05, 4.69) is 0 Å². The molecule has 0 radical (unpaired) electrons. The summed E-state index contributed by atoms with van der Waals surface area (Å²) >= 11 is 0. The van der Waals surface area contributed by atoms with Crippen LogP contribution in [0.1, 0.15) is 11.1 Å². The third-order valence-electron chi connectivity index (χ3n) is 2.48. The van der Waals surface area contributed by atoms with Gasteiger partial charge in [-0.1, -0.05) is 6.07 Å². The van der Waals surface area contributed by atoms with E-state index in [9.17, 15) is 12.8 Å². The highest BCUT2D eigenvalue weighted by molar-refractivity contribution is 7.91. The fourth-order valence-corrected chi connectivity index (χ4v) is 2.79. The summed E-state index contributed by atoms with van der Waals surface area (Å²) in [7, 11) is -3.67. The van der Waals surface area contributed by atoms with Gasteiger partial charge in [-0.15, -0.1) is 0 Å². The highest BCUT2D eigenvalue weighted by Crippen LogP contribution is 2.18. The molecule has 1 aromatic carbocycles. The summed E-state index contributed by atoms with van der Waals surface area (Å²) in [4.78, 5) is -0.00236. The summed E-state index contributed by atoms with van der Waals surface area (Å²) in [5, 5.41) is 8.85. The van der Waals surface area contributed by atoms with Gasteiger partial charge in [-0.25, -0.2) is 12.8 Å². The molecule has 0 aromatic heterocycles. The Morgan fingerprint density at radius 2 is 2.22 bits per heavy atom. The Morgan fingerprint density at radius 1 is 1.56 bits per heavy atom. The number of hydrogen-bond donors (Lipinski definition) is 1. The van der Waals surface area contributed by atoms with Crippen LogP contribution in [0, 0.1) is 18.3 Å². The van der Waals surface area contributed by atoms with Crippen molar-refractivity contribution in [3.8, 4) is 6.07 Å². The molecule has 0 saturated heterocycles. The Balaban J connectivity index is 3.18. The number of rotatable bonds is 4. The maximum absolute atomic E-state index is 12.4. The molecular formula is C12H13FN2O2S. The zero-order valence-corrected chi connectivity index (χ0v) is 10.7. The molecule has 2 N–H and O–H groups in total. The fraction of sp³-hybridized carbons (Fsp3) is 0.250. The monoisotopic (exact) mass is 268 g/mol. The van der Waals surface area contributed by atoms with E-state index in [1.165, 1.54) is 12.1 Å². The summed E-state index contributed by atoms with van der Waals surface area (Å²) < 4.78 is 36.3. The Kier molecular flexibility index (Phi) is 4.59. The van der Waals surface area contributed by atoms with Gasteiger partial charge in [-0.05, 0) is 30.2 Å². The molecule has 4 nitrogen and oxygen atoms in total. The minimum atomic E-state index is -3.67. The average molecular weight is 268 g/mol. The lowest BCUT2D eigenvalue weighted by Crippen LogP contribution is -2.15. The molecule has 0 fully saturated rings. The number of sulfone groups is 1. The average Bonchev–Trinajstić information content (AvgIpc) is 2.36. The SMILES string of the molecule is Cc1ccc(S(=O)(=O)C/C(=C/F)CN)cc1C#N. The van der Waals surface area contributed by atoms with Gasteiger partial charge < -0.3 is 5.73 Å². The predicted molar refractivity (Wildman–Crippen MR) is 66.2 cm³/mol. The van der Waals surface area contributed by atoms with E-state index in [0.29, 0.717) is 5.56 Å². The number of nitriles is 1. The predicted octanol–water partition coefficient (Wildman–Crippen LogP) is 1.45. The van der Waals surface area contributed by atoms with Crippen molar-refractivity contribution in [2.75, 3.05) is 12.3 Å². The van der Waals surface area contributed by atoms with E-state index < -0.39 is 15.6 Å². The number of halogens is 1. The second-order valence-corrected chi connectivity index (χ2v) is 5.81. The molecule has 0 heterocycles. The summed E-state index contributed by atoms with van der Waals surface area (Å²) in [6.45, 7) is 1.55. The van der Waals surface area contributed by atoms with Gasteiger partial charge in [-0.3, -0.25) is 0 Å². The fourth-order valence-electron chi connectivity index (χ4n) is 1.38. The van der Waals surface area contributed by atoms with Crippen LogP contribution in [0.25, 0.3) is 0 Å². The quantitative estimate of drug-likeness (QED) is 0.895. The van der Waals surface area contributed by atoms with Crippen LogP contribution in [0.3, 0.4) is 0 Å². The molecule has 0 amide bonds. The van der Waals surface area contributed by atoms with Gasteiger partial charge in [0.2, 0.25) is 0 Å². The van der Waals surface area contributed by atoms with Gasteiger partial charge in [0.25, 0.3) is 0 Å². The first-order chi connectivity index (χ1) is 8.44. The van der Waals surface area contributed by atoms with Crippen molar-refractivity contribution < 1.29 is 12.8 Å². The summed E-state index contributed by atoms with van der Waals surface area (Å²) in [5.74, 6) is -0.478. The standard InChI is InChI=1S/C12H13FN2O2S/c1-9-2-3-12(4-11(9)7-15)18(16,17)8-10(5-13)6-14/h2-5H,6,8,14H2,1H3/b10-5+. The molecule has 18 heavy (non-hydrogen) atoms. The normalized spacial score (nSPS) is 12.2. The second-order valence-electron chi connectivity index (χ2n) is 3.82. The molecule has 0 atom stereocenters. The molecule has 0 aliphatic rings. The molecule has 0 aliphatic heterocycles. The van der Waals surface area contributed by atoms with Gasteiger partial charge in [0.05, 0.1) is 28.6 Å². The lowest BCUT2D eigenvalue weighted by molar-refractivity contribution is 0.596. The highest BCUT2D eigenvalue weighted by atomic mass is 32.2. The largest absolute Gasteiger partial charge is 0.327 e. The van der Waals surface area contributed by atoms with Gasteiger partial charge in [-0.2, -0.15) is 5.26 Å². The number of nitrogens with two attached hydrogens (primary N) is 1. The van der Waals surface area contributed by atoms with E-state index in [1.54, 1.807) is 13.0 Å². The minimum absolute atomic E-state index is 0.00236. The third-order valence-corrected chi connectivity index (χ3v) is 4.20. The van der Waals surface area contributed by atoms with E-state index >= 15 is 0 Å². The Morgan fingerprint density at radius 3 is 2.72 bits per heavy atom. The van der Waals surface area contributed by atoms with Crippen LogP contribution in [0.4, 0.5) is 4.39 Å². The Hall–Kier alpha value is -1.71.